The fourth-order valence-electron chi connectivity index (χ4n) is 1.78. The Kier molecular flexibility index (Phi) is 8.41. The SMILES string of the molecule is CCC(C)C(=O)NCCCCC(S(=O)(=O)C(F)(F)F)S(=O)(=O)C(F)(F)F. The van der Waals surface area contributed by atoms with Crippen molar-refractivity contribution >= 4 is 25.6 Å². The number of halogens is 6. The molecule has 0 rings (SSSR count). The molecule has 0 heterocycles. The van der Waals surface area contributed by atoms with Crippen LogP contribution < -0.4 is 5.32 Å². The number of hydrogen-bond acceptors (Lipinski definition) is 5. The van der Waals surface area contributed by atoms with Gasteiger partial charge in [-0.3, -0.25) is 4.79 Å². The van der Waals surface area contributed by atoms with Crippen LogP contribution in [-0.4, -0.2) is 44.9 Å². The number of carbonyl (C=O) groups is 1. The molecule has 156 valence electrons. The van der Waals surface area contributed by atoms with Gasteiger partial charge in [-0.1, -0.05) is 13.8 Å². The molecule has 0 aromatic carbocycles. The zero-order chi connectivity index (χ0) is 21.0. The molecule has 14 heteroatoms. The molecule has 0 aliphatic carbocycles. The van der Waals surface area contributed by atoms with Gasteiger partial charge in [0.1, 0.15) is 0 Å². The van der Waals surface area contributed by atoms with Crippen LogP contribution in [0.4, 0.5) is 26.3 Å². The van der Waals surface area contributed by atoms with Crippen molar-refractivity contribution in [2.75, 3.05) is 6.54 Å². The van der Waals surface area contributed by atoms with Crippen LogP contribution in [0.2, 0.25) is 0 Å². The van der Waals surface area contributed by atoms with E-state index in [0.717, 1.165) is 0 Å². The minimum Gasteiger partial charge on any atom is -0.356 e. The quantitative estimate of drug-likeness (QED) is 0.443. The Balaban J connectivity index is 5.19. The average molecular weight is 435 g/mol. The molecule has 0 bridgehead atoms. The van der Waals surface area contributed by atoms with Crippen LogP contribution in [-0.2, 0) is 24.5 Å². The predicted octanol–water partition coefficient (Wildman–Crippen LogP) is 2.51. The average Bonchev–Trinajstić information content (AvgIpc) is 2.46. The first-order valence-corrected chi connectivity index (χ1v) is 10.5. The van der Waals surface area contributed by atoms with Gasteiger partial charge in [0.15, 0.2) is 4.58 Å². The number of rotatable bonds is 9. The highest BCUT2D eigenvalue weighted by Crippen LogP contribution is 2.38. The number of nitrogens with one attached hydrogen (secondary N) is 1. The van der Waals surface area contributed by atoms with Crippen molar-refractivity contribution < 1.29 is 48.0 Å². The molecule has 6 nitrogen and oxygen atoms in total. The molecular weight excluding hydrogens is 416 g/mol. The maximum atomic E-state index is 12.5. The maximum absolute atomic E-state index is 12.5. The standard InChI is InChI=1S/C12H19F6NO5S2/c1-3-8(2)10(20)19-7-5-4-6-9(25(21,22)11(13,14)15)26(23,24)12(16,17)18/h8-9H,3-7H2,1-2H3,(H,19,20). The molecule has 1 amide bonds. The van der Waals surface area contributed by atoms with Gasteiger partial charge >= 0.3 is 11.0 Å². The molecule has 0 aromatic rings. The van der Waals surface area contributed by atoms with Gasteiger partial charge < -0.3 is 5.32 Å². The van der Waals surface area contributed by atoms with Gasteiger partial charge in [-0.2, -0.15) is 26.3 Å². The van der Waals surface area contributed by atoms with Crippen molar-refractivity contribution in [1.82, 2.24) is 5.32 Å². The van der Waals surface area contributed by atoms with Gasteiger partial charge in [0.25, 0.3) is 19.7 Å². The summed E-state index contributed by atoms with van der Waals surface area (Å²) in [5.74, 6) is -0.756. The lowest BCUT2D eigenvalue weighted by Gasteiger charge is -2.21. The van der Waals surface area contributed by atoms with Gasteiger partial charge in [0.2, 0.25) is 5.91 Å². The Labute approximate surface area is 147 Å². The molecule has 26 heavy (non-hydrogen) atoms. The van der Waals surface area contributed by atoms with Gasteiger partial charge in [-0.05, 0) is 25.7 Å². The smallest absolute Gasteiger partial charge is 0.356 e. The zero-order valence-corrected chi connectivity index (χ0v) is 15.4. The molecule has 0 saturated heterocycles. The Bertz CT molecular complexity index is 640. The normalized spacial score (nSPS) is 15.1. The zero-order valence-electron chi connectivity index (χ0n) is 13.8. The number of unbranched alkanes of at least 4 members (excludes halogenated alkanes) is 1. The van der Waals surface area contributed by atoms with Crippen LogP contribution in [0.25, 0.3) is 0 Å². The number of amides is 1. The predicted molar refractivity (Wildman–Crippen MR) is 80.1 cm³/mol. The van der Waals surface area contributed by atoms with Gasteiger partial charge in [0, 0.05) is 12.5 Å². The Hall–Kier alpha value is -1.05. The molecule has 0 spiro atoms. The number of sulfone groups is 2. The largest absolute Gasteiger partial charge is 0.498 e. The number of hydrogen-bond donors (Lipinski definition) is 1. The Morgan fingerprint density at radius 1 is 0.923 bits per heavy atom. The third-order valence-corrected chi connectivity index (χ3v) is 8.23. The summed E-state index contributed by atoms with van der Waals surface area (Å²) in [7, 11) is -13.2. The van der Waals surface area contributed by atoms with E-state index in [1.165, 1.54) is 0 Å². The summed E-state index contributed by atoms with van der Waals surface area (Å²) >= 11 is 0. The minimum atomic E-state index is -6.60. The van der Waals surface area contributed by atoms with Crippen molar-refractivity contribution in [2.45, 2.75) is 55.1 Å². The topological polar surface area (TPSA) is 97.4 Å². The first-order chi connectivity index (χ1) is 11.5. The van der Waals surface area contributed by atoms with Crippen LogP contribution in [0.15, 0.2) is 0 Å². The van der Waals surface area contributed by atoms with Gasteiger partial charge in [0.05, 0.1) is 0 Å². The third kappa shape index (κ3) is 5.99. The van der Waals surface area contributed by atoms with Crippen molar-refractivity contribution in [3.05, 3.63) is 0 Å². The second kappa shape index (κ2) is 8.76. The van der Waals surface area contributed by atoms with Crippen molar-refractivity contribution in [1.29, 1.82) is 0 Å². The van der Waals surface area contributed by atoms with Crippen molar-refractivity contribution in [3.63, 3.8) is 0 Å². The molecule has 0 radical (unpaired) electrons. The molecule has 0 aromatic heterocycles. The molecule has 0 saturated carbocycles. The summed E-state index contributed by atoms with van der Waals surface area (Å²) < 4.78 is 117. The third-order valence-electron chi connectivity index (χ3n) is 3.56. The van der Waals surface area contributed by atoms with Crippen LogP contribution in [0.1, 0.15) is 39.5 Å². The highest BCUT2D eigenvalue weighted by atomic mass is 32.3. The lowest BCUT2D eigenvalue weighted by atomic mass is 10.1. The van der Waals surface area contributed by atoms with Crippen LogP contribution in [0.3, 0.4) is 0 Å². The summed E-state index contributed by atoms with van der Waals surface area (Å²) in [4.78, 5) is 11.5. The summed E-state index contributed by atoms with van der Waals surface area (Å²) in [5, 5.41) is 2.36. The van der Waals surface area contributed by atoms with Crippen LogP contribution in [0, 0.1) is 5.92 Å². The first kappa shape index (κ1) is 24.9. The highest BCUT2D eigenvalue weighted by Gasteiger charge is 2.62. The fourth-order valence-corrected chi connectivity index (χ4v) is 5.32. The van der Waals surface area contributed by atoms with E-state index in [4.69, 9.17) is 0 Å². The van der Waals surface area contributed by atoms with Crippen LogP contribution in [0.5, 0.6) is 0 Å². The minimum absolute atomic E-state index is 0.145. The monoisotopic (exact) mass is 435 g/mol. The molecule has 0 aliphatic rings. The molecule has 1 unspecified atom stereocenters. The fraction of sp³-hybridized carbons (Fsp3) is 0.917. The second-order valence-corrected chi connectivity index (χ2v) is 10.0. The summed E-state index contributed by atoms with van der Waals surface area (Å²) in [6.45, 7) is 3.17. The lowest BCUT2D eigenvalue weighted by molar-refractivity contribution is -0.124. The molecule has 1 atom stereocenters. The summed E-state index contributed by atoms with van der Waals surface area (Å²) in [6, 6.07) is 0. The van der Waals surface area contributed by atoms with E-state index in [9.17, 15) is 48.0 Å². The van der Waals surface area contributed by atoms with Crippen molar-refractivity contribution in [2.24, 2.45) is 5.92 Å². The summed E-state index contributed by atoms with van der Waals surface area (Å²) in [5.41, 5.74) is -12.3. The molecule has 0 aliphatic heterocycles. The lowest BCUT2D eigenvalue weighted by Crippen LogP contribution is -2.44. The first-order valence-electron chi connectivity index (χ1n) is 7.38. The number of carbonyl (C=O) groups excluding carboxylic acids is 1. The number of alkyl halides is 6. The highest BCUT2D eigenvalue weighted by molar-refractivity contribution is 8.09. The van der Waals surface area contributed by atoms with Gasteiger partial charge in [-0.15, -0.1) is 0 Å². The van der Waals surface area contributed by atoms with E-state index >= 15 is 0 Å². The van der Waals surface area contributed by atoms with E-state index in [1.807, 2.05) is 0 Å². The van der Waals surface area contributed by atoms with E-state index in [-0.39, 0.29) is 18.9 Å². The molecule has 0 fully saturated rings. The van der Waals surface area contributed by atoms with E-state index in [2.05, 4.69) is 5.32 Å². The second-order valence-electron chi connectivity index (χ2n) is 5.51. The van der Waals surface area contributed by atoms with Gasteiger partial charge in [-0.25, -0.2) is 16.8 Å². The summed E-state index contributed by atoms with van der Waals surface area (Å²) in [6.07, 6.45) is -1.68. The van der Waals surface area contributed by atoms with E-state index in [1.54, 1.807) is 13.8 Å². The Morgan fingerprint density at radius 3 is 1.69 bits per heavy atom. The van der Waals surface area contributed by atoms with Crippen molar-refractivity contribution in [3.8, 4) is 0 Å². The van der Waals surface area contributed by atoms with E-state index < -0.39 is 54.0 Å². The molecular formula is C12H19F6NO5S2. The van der Waals surface area contributed by atoms with E-state index in [0.29, 0.717) is 6.42 Å². The molecule has 1 N–H and O–H groups in total. The Morgan fingerprint density at radius 2 is 1.35 bits per heavy atom. The maximum Gasteiger partial charge on any atom is 0.498 e. The van der Waals surface area contributed by atoms with Crippen LogP contribution >= 0.6 is 0 Å².